The van der Waals surface area contributed by atoms with Crippen LogP contribution in [0.3, 0.4) is 0 Å². The molecule has 0 saturated heterocycles. The average Bonchev–Trinajstić information content (AvgIpc) is 2.54. The van der Waals surface area contributed by atoms with Crippen molar-refractivity contribution >= 4 is 6.03 Å². The lowest BCUT2D eigenvalue weighted by Crippen LogP contribution is -2.47. The Morgan fingerprint density at radius 3 is 2.71 bits per heavy atom. The fourth-order valence-corrected chi connectivity index (χ4v) is 2.85. The van der Waals surface area contributed by atoms with E-state index in [1.807, 2.05) is 24.3 Å². The minimum Gasteiger partial charge on any atom is -0.486 e. The molecule has 114 valence electrons. The molecule has 1 atom stereocenters. The fraction of sp³-hybridized carbons (Fsp3) is 0.562. The SMILES string of the molecule is O=C(NC[C@@H]1COc2ccccc2O1)NC1CCCCC1. The number of nitrogens with one attached hydrogen (secondary N) is 2. The molecule has 3 rings (SSSR count). The molecule has 0 radical (unpaired) electrons. The molecule has 2 amide bonds. The number of benzene rings is 1. The zero-order valence-electron chi connectivity index (χ0n) is 12.1. The molecule has 0 bridgehead atoms. The van der Waals surface area contributed by atoms with Crippen molar-refractivity contribution in [3.05, 3.63) is 24.3 Å². The van der Waals surface area contributed by atoms with Crippen molar-refractivity contribution < 1.29 is 14.3 Å². The van der Waals surface area contributed by atoms with Gasteiger partial charge in [-0.15, -0.1) is 0 Å². The third-order valence-corrected chi connectivity index (χ3v) is 4.00. The highest BCUT2D eigenvalue weighted by Crippen LogP contribution is 2.30. The summed E-state index contributed by atoms with van der Waals surface area (Å²) in [7, 11) is 0. The van der Waals surface area contributed by atoms with Crippen molar-refractivity contribution in [1.82, 2.24) is 10.6 Å². The van der Waals surface area contributed by atoms with Crippen molar-refractivity contribution in [2.45, 2.75) is 44.2 Å². The van der Waals surface area contributed by atoms with Crippen LogP contribution in [0, 0.1) is 0 Å². The van der Waals surface area contributed by atoms with Gasteiger partial charge in [-0.1, -0.05) is 31.4 Å². The van der Waals surface area contributed by atoms with Gasteiger partial charge in [0.2, 0.25) is 0 Å². The second kappa shape index (κ2) is 6.70. The van der Waals surface area contributed by atoms with Crippen LogP contribution in [0.15, 0.2) is 24.3 Å². The van der Waals surface area contributed by atoms with Gasteiger partial charge in [0.25, 0.3) is 0 Å². The number of urea groups is 1. The molecule has 1 aliphatic heterocycles. The minimum absolute atomic E-state index is 0.107. The normalized spacial score (nSPS) is 21.6. The number of amides is 2. The number of carbonyl (C=O) groups is 1. The Morgan fingerprint density at radius 1 is 1.14 bits per heavy atom. The Balaban J connectivity index is 1.42. The van der Waals surface area contributed by atoms with Crippen LogP contribution in [0.4, 0.5) is 4.79 Å². The monoisotopic (exact) mass is 290 g/mol. The molecular formula is C16H22N2O3. The predicted octanol–water partition coefficient (Wildman–Crippen LogP) is 2.46. The topological polar surface area (TPSA) is 59.6 Å². The number of fused-ring (bicyclic) bond motifs is 1. The molecule has 0 aromatic heterocycles. The highest BCUT2D eigenvalue weighted by Gasteiger charge is 2.22. The molecule has 1 aliphatic carbocycles. The van der Waals surface area contributed by atoms with Crippen LogP contribution in [-0.2, 0) is 0 Å². The number of carbonyl (C=O) groups excluding carboxylic acids is 1. The molecule has 1 aromatic rings. The first kappa shape index (κ1) is 14.0. The van der Waals surface area contributed by atoms with Crippen LogP contribution in [0.2, 0.25) is 0 Å². The highest BCUT2D eigenvalue weighted by atomic mass is 16.6. The molecule has 1 saturated carbocycles. The van der Waals surface area contributed by atoms with E-state index in [0.29, 0.717) is 19.2 Å². The molecule has 2 aliphatic rings. The quantitative estimate of drug-likeness (QED) is 0.899. The van der Waals surface area contributed by atoms with Crippen molar-refractivity contribution in [3.8, 4) is 11.5 Å². The number of hydrogen-bond donors (Lipinski definition) is 2. The highest BCUT2D eigenvalue weighted by molar-refractivity contribution is 5.74. The lowest BCUT2D eigenvalue weighted by molar-refractivity contribution is 0.0916. The second-order valence-electron chi connectivity index (χ2n) is 5.69. The Kier molecular flexibility index (Phi) is 4.48. The van der Waals surface area contributed by atoms with Gasteiger partial charge in [-0.25, -0.2) is 4.79 Å². The van der Waals surface area contributed by atoms with E-state index < -0.39 is 0 Å². The largest absolute Gasteiger partial charge is 0.486 e. The number of ether oxygens (including phenoxy) is 2. The van der Waals surface area contributed by atoms with Gasteiger partial charge in [0.05, 0.1) is 6.54 Å². The molecule has 1 heterocycles. The molecule has 0 unspecified atom stereocenters. The summed E-state index contributed by atoms with van der Waals surface area (Å²) in [4.78, 5) is 11.9. The molecule has 2 N–H and O–H groups in total. The summed E-state index contributed by atoms with van der Waals surface area (Å²) in [6.07, 6.45) is 5.74. The summed E-state index contributed by atoms with van der Waals surface area (Å²) in [6.45, 7) is 0.910. The van der Waals surface area contributed by atoms with Gasteiger partial charge < -0.3 is 20.1 Å². The smallest absolute Gasteiger partial charge is 0.315 e. The maximum absolute atomic E-state index is 11.9. The minimum atomic E-state index is -0.142. The van der Waals surface area contributed by atoms with E-state index in [-0.39, 0.29) is 12.1 Å². The zero-order valence-corrected chi connectivity index (χ0v) is 12.1. The van der Waals surface area contributed by atoms with Crippen molar-refractivity contribution in [1.29, 1.82) is 0 Å². The molecule has 1 fully saturated rings. The Labute approximate surface area is 125 Å². The maximum atomic E-state index is 11.9. The third-order valence-electron chi connectivity index (χ3n) is 4.00. The fourth-order valence-electron chi connectivity index (χ4n) is 2.85. The van der Waals surface area contributed by atoms with E-state index in [1.54, 1.807) is 0 Å². The lowest BCUT2D eigenvalue weighted by atomic mass is 9.96. The number of rotatable bonds is 3. The van der Waals surface area contributed by atoms with Gasteiger partial charge in [0.1, 0.15) is 6.61 Å². The first-order chi connectivity index (χ1) is 10.3. The van der Waals surface area contributed by atoms with Gasteiger partial charge in [0.15, 0.2) is 17.6 Å². The zero-order chi connectivity index (χ0) is 14.5. The summed E-state index contributed by atoms with van der Waals surface area (Å²) in [5.74, 6) is 1.50. The maximum Gasteiger partial charge on any atom is 0.315 e. The summed E-state index contributed by atoms with van der Waals surface area (Å²) in [5, 5.41) is 5.91. The van der Waals surface area contributed by atoms with Gasteiger partial charge in [0, 0.05) is 6.04 Å². The first-order valence-electron chi connectivity index (χ1n) is 7.74. The second-order valence-corrected chi connectivity index (χ2v) is 5.69. The summed E-state index contributed by atoms with van der Waals surface area (Å²) >= 11 is 0. The van der Waals surface area contributed by atoms with Crippen LogP contribution < -0.4 is 20.1 Å². The van der Waals surface area contributed by atoms with Crippen LogP contribution in [-0.4, -0.2) is 31.3 Å². The Morgan fingerprint density at radius 2 is 1.90 bits per heavy atom. The van der Waals surface area contributed by atoms with Crippen LogP contribution >= 0.6 is 0 Å². The van der Waals surface area contributed by atoms with Crippen molar-refractivity contribution in [2.24, 2.45) is 0 Å². The molecule has 1 aromatic carbocycles. The average molecular weight is 290 g/mol. The van der Waals surface area contributed by atoms with Crippen LogP contribution in [0.1, 0.15) is 32.1 Å². The molecular weight excluding hydrogens is 268 g/mol. The van der Waals surface area contributed by atoms with Gasteiger partial charge in [-0.3, -0.25) is 0 Å². The van der Waals surface area contributed by atoms with E-state index in [2.05, 4.69) is 10.6 Å². The third kappa shape index (κ3) is 3.80. The van der Waals surface area contributed by atoms with Crippen molar-refractivity contribution in [2.75, 3.05) is 13.2 Å². The number of hydrogen-bond acceptors (Lipinski definition) is 3. The Hall–Kier alpha value is -1.91. The van der Waals surface area contributed by atoms with E-state index in [9.17, 15) is 4.79 Å². The molecule has 5 nitrogen and oxygen atoms in total. The Bertz CT molecular complexity index is 486. The van der Waals surface area contributed by atoms with E-state index in [1.165, 1.54) is 19.3 Å². The summed E-state index contributed by atoms with van der Waals surface area (Å²) in [6, 6.07) is 7.80. The molecule has 21 heavy (non-hydrogen) atoms. The van der Waals surface area contributed by atoms with Gasteiger partial charge >= 0.3 is 6.03 Å². The standard InChI is InChI=1S/C16H22N2O3/c19-16(18-12-6-2-1-3-7-12)17-10-13-11-20-14-8-4-5-9-15(14)21-13/h4-5,8-9,12-13H,1-3,6-7,10-11H2,(H2,17,18,19)/t13-/m1/s1. The molecule has 0 spiro atoms. The van der Waals surface area contributed by atoms with Crippen LogP contribution in [0.25, 0.3) is 0 Å². The molecule has 5 heteroatoms. The van der Waals surface area contributed by atoms with Gasteiger partial charge in [-0.2, -0.15) is 0 Å². The first-order valence-corrected chi connectivity index (χ1v) is 7.74. The van der Waals surface area contributed by atoms with E-state index >= 15 is 0 Å². The van der Waals surface area contributed by atoms with Crippen LogP contribution in [0.5, 0.6) is 11.5 Å². The number of para-hydroxylation sites is 2. The van der Waals surface area contributed by atoms with Gasteiger partial charge in [-0.05, 0) is 25.0 Å². The van der Waals surface area contributed by atoms with E-state index in [0.717, 1.165) is 24.3 Å². The lowest BCUT2D eigenvalue weighted by Gasteiger charge is -2.27. The van der Waals surface area contributed by atoms with Crippen molar-refractivity contribution in [3.63, 3.8) is 0 Å². The summed E-state index contributed by atoms with van der Waals surface area (Å²) < 4.78 is 11.4. The summed E-state index contributed by atoms with van der Waals surface area (Å²) in [5.41, 5.74) is 0. The predicted molar refractivity (Wildman–Crippen MR) is 79.8 cm³/mol. The van der Waals surface area contributed by atoms with E-state index in [4.69, 9.17) is 9.47 Å².